The van der Waals surface area contributed by atoms with Crippen molar-refractivity contribution >= 4 is 18.3 Å². The van der Waals surface area contributed by atoms with Gasteiger partial charge in [-0.15, -0.1) is 0 Å². The van der Waals surface area contributed by atoms with Crippen LogP contribution < -0.4 is 0 Å². The molecule has 2 aliphatic heterocycles. The Kier molecular flexibility index (Phi) is 9.90. The molecule has 2 heterocycles. The molecule has 2 atom stereocenters. The minimum Gasteiger partial charge on any atom is -0.483 e. The van der Waals surface area contributed by atoms with E-state index in [1.165, 1.54) is 0 Å². The van der Waals surface area contributed by atoms with E-state index in [1.54, 1.807) is 4.90 Å². The highest BCUT2D eigenvalue weighted by Gasteiger charge is 2.49. The van der Waals surface area contributed by atoms with Crippen molar-refractivity contribution in [1.29, 1.82) is 0 Å². The number of morpholine rings is 1. The number of rotatable bonds is 7. The van der Waals surface area contributed by atoms with Crippen molar-refractivity contribution in [3.8, 4) is 0 Å². The summed E-state index contributed by atoms with van der Waals surface area (Å²) in [6, 6.07) is 9.36. The molecule has 0 saturated carbocycles. The number of hydrogen-bond donors (Lipinski definition) is 3. The molecule has 0 unspecified atom stereocenters. The Balaban J connectivity index is 0.00000107. The lowest BCUT2D eigenvalue weighted by Gasteiger charge is -2.43. The van der Waals surface area contributed by atoms with Crippen LogP contribution in [-0.4, -0.2) is 95.5 Å². The second-order valence-electron chi connectivity index (χ2n) is 7.89. The van der Waals surface area contributed by atoms with Crippen molar-refractivity contribution in [1.82, 2.24) is 9.80 Å². The minimum atomic E-state index is -1.24. The third-order valence-electron chi connectivity index (χ3n) is 5.97. The van der Waals surface area contributed by atoms with E-state index in [0.29, 0.717) is 13.0 Å². The third-order valence-corrected chi connectivity index (χ3v) is 5.97. The number of piperidine rings is 1. The van der Waals surface area contributed by atoms with E-state index in [2.05, 4.69) is 4.90 Å². The average Bonchev–Trinajstić information content (AvgIpc) is 2.77. The zero-order valence-corrected chi connectivity index (χ0v) is 17.7. The predicted octanol–water partition coefficient (Wildman–Crippen LogP) is 0.707. The largest absolute Gasteiger partial charge is 0.483 e. The van der Waals surface area contributed by atoms with Gasteiger partial charge in [-0.2, -0.15) is 0 Å². The molecule has 1 aromatic carbocycles. The Morgan fingerprint density at radius 3 is 2.39 bits per heavy atom. The van der Waals surface area contributed by atoms with Crippen LogP contribution in [0.1, 0.15) is 24.8 Å². The first-order valence-corrected chi connectivity index (χ1v) is 10.5. The molecule has 9 nitrogen and oxygen atoms in total. The second kappa shape index (κ2) is 12.4. The lowest BCUT2D eigenvalue weighted by Crippen LogP contribution is -2.57. The number of aliphatic hydroxyl groups is 1. The van der Waals surface area contributed by atoms with Gasteiger partial charge in [-0.25, -0.2) is 0 Å². The number of benzene rings is 1. The standard InChI is InChI=1S/C21H30N2O5.CH2O2/c24-18-16-23(19(25)7-4-9-22-11-13-28-14-12-22)10-8-21(18,20(26)27)15-17-5-2-1-3-6-17;2-1-3/h1-3,5-6,18,24H,4,7-16H2,(H,26,27);1H,(H,2,3)/t18-,21-;/m1./s1. The Hall–Kier alpha value is -2.49. The van der Waals surface area contributed by atoms with E-state index in [4.69, 9.17) is 14.6 Å². The summed E-state index contributed by atoms with van der Waals surface area (Å²) < 4.78 is 5.32. The molecule has 172 valence electrons. The van der Waals surface area contributed by atoms with Crippen molar-refractivity contribution < 1.29 is 34.4 Å². The molecule has 0 radical (unpaired) electrons. The molecule has 9 heteroatoms. The van der Waals surface area contributed by atoms with Crippen LogP contribution >= 0.6 is 0 Å². The SMILES string of the molecule is O=C(CCCN1CCOCC1)N1CC[C@](Cc2ccccc2)(C(=O)O)[C@H](O)C1.O=CO. The van der Waals surface area contributed by atoms with Gasteiger partial charge in [0.15, 0.2) is 0 Å². The topological polar surface area (TPSA) is 128 Å². The van der Waals surface area contributed by atoms with Gasteiger partial charge < -0.3 is 25.0 Å². The number of carbonyl (C=O) groups excluding carboxylic acids is 1. The molecule has 2 aliphatic rings. The van der Waals surface area contributed by atoms with Crippen LogP contribution in [0.25, 0.3) is 0 Å². The van der Waals surface area contributed by atoms with Crippen LogP contribution in [0.4, 0.5) is 0 Å². The molecule has 31 heavy (non-hydrogen) atoms. The number of aliphatic carboxylic acids is 1. The molecule has 0 bridgehead atoms. The summed E-state index contributed by atoms with van der Waals surface area (Å²) in [5.74, 6) is -1.01. The molecule has 3 N–H and O–H groups in total. The van der Waals surface area contributed by atoms with E-state index >= 15 is 0 Å². The summed E-state index contributed by atoms with van der Waals surface area (Å²) in [6.45, 7) is 4.34. The molecule has 0 aromatic heterocycles. The minimum absolute atomic E-state index is 0.00832. The number of β-amino-alcohol motifs (C(OH)–C–C–N with tert-alkyl or cyclic N) is 1. The Morgan fingerprint density at radius 2 is 1.81 bits per heavy atom. The van der Waals surface area contributed by atoms with E-state index in [0.717, 1.165) is 44.8 Å². The zero-order valence-electron chi connectivity index (χ0n) is 17.7. The zero-order chi connectivity index (χ0) is 22.7. The number of nitrogens with zero attached hydrogens (tertiary/aromatic N) is 2. The van der Waals surface area contributed by atoms with Crippen LogP contribution in [0.2, 0.25) is 0 Å². The van der Waals surface area contributed by atoms with Crippen LogP contribution in [0, 0.1) is 5.41 Å². The van der Waals surface area contributed by atoms with Crippen LogP contribution in [0.3, 0.4) is 0 Å². The lowest BCUT2D eigenvalue weighted by molar-refractivity contribution is -0.166. The number of carboxylic acid groups (broad SMARTS) is 2. The fourth-order valence-corrected chi connectivity index (χ4v) is 4.13. The van der Waals surface area contributed by atoms with Crippen molar-refractivity contribution in [3.05, 3.63) is 35.9 Å². The highest BCUT2D eigenvalue weighted by atomic mass is 16.5. The molecular formula is C22H32N2O7. The molecular weight excluding hydrogens is 404 g/mol. The van der Waals surface area contributed by atoms with Gasteiger partial charge in [-0.1, -0.05) is 30.3 Å². The number of carbonyl (C=O) groups is 3. The Bertz CT molecular complexity index is 709. The van der Waals surface area contributed by atoms with Crippen LogP contribution in [0.5, 0.6) is 0 Å². The number of aliphatic hydroxyl groups excluding tert-OH is 1. The van der Waals surface area contributed by atoms with Gasteiger partial charge in [0.2, 0.25) is 5.91 Å². The lowest BCUT2D eigenvalue weighted by atomic mass is 9.71. The smallest absolute Gasteiger partial charge is 0.312 e. The monoisotopic (exact) mass is 436 g/mol. The number of hydrogen-bond acceptors (Lipinski definition) is 6. The quantitative estimate of drug-likeness (QED) is 0.533. The molecule has 3 rings (SSSR count). The van der Waals surface area contributed by atoms with Gasteiger partial charge in [0.1, 0.15) is 5.41 Å². The summed E-state index contributed by atoms with van der Waals surface area (Å²) >= 11 is 0. The first-order chi connectivity index (χ1) is 14.9. The summed E-state index contributed by atoms with van der Waals surface area (Å²) in [6.07, 6.45) is 0.626. The number of ether oxygens (including phenoxy) is 1. The average molecular weight is 437 g/mol. The van der Waals surface area contributed by atoms with Gasteiger partial charge in [0, 0.05) is 32.6 Å². The van der Waals surface area contributed by atoms with Gasteiger partial charge in [0.05, 0.1) is 19.3 Å². The van der Waals surface area contributed by atoms with E-state index in [1.807, 2.05) is 30.3 Å². The fourth-order valence-electron chi connectivity index (χ4n) is 4.13. The summed E-state index contributed by atoms with van der Waals surface area (Å²) in [4.78, 5) is 36.9. The third kappa shape index (κ3) is 7.02. The normalized spacial score (nSPS) is 24.0. The van der Waals surface area contributed by atoms with Crippen molar-refractivity contribution in [2.45, 2.75) is 31.8 Å². The van der Waals surface area contributed by atoms with Gasteiger partial charge in [-0.05, 0) is 31.4 Å². The molecule has 2 saturated heterocycles. The first kappa shape index (κ1) is 24.8. The maximum atomic E-state index is 12.5. The fraction of sp³-hybridized carbons (Fsp3) is 0.591. The van der Waals surface area contributed by atoms with E-state index in [9.17, 15) is 19.8 Å². The summed E-state index contributed by atoms with van der Waals surface area (Å²) in [5, 5.41) is 27.4. The predicted molar refractivity (Wildman–Crippen MR) is 113 cm³/mol. The molecule has 2 fully saturated rings. The summed E-state index contributed by atoms with van der Waals surface area (Å²) in [7, 11) is 0. The Morgan fingerprint density at radius 1 is 1.16 bits per heavy atom. The van der Waals surface area contributed by atoms with E-state index in [-0.39, 0.29) is 31.8 Å². The van der Waals surface area contributed by atoms with E-state index < -0.39 is 17.5 Å². The highest BCUT2D eigenvalue weighted by molar-refractivity contribution is 5.79. The highest BCUT2D eigenvalue weighted by Crippen LogP contribution is 2.36. The summed E-state index contributed by atoms with van der Waals surface area (Å²) in [5.41, 5.74) is -0.361. The molecule has 0 aliphatic carbocycles. The van der Waals surface area contributed by atoms with Gasteiger partial charge in [-0.3, -0.25) is 19.3 Å². The number of carboxylic acids is 1. The molecule has 1 aromatic rings. The Labute approximate surface area is 182 Å². The van der Waals surface area contributed by atoms with Gasteiger partial charge >= 0.3 is 5.97 Å². The van der Waals surface area contributed by atoms with Crippen molar-refractivity contribution in [2.75, 3.05) is 45.9 Å². The van der Waals surface area contributed by atoms with Gasteiger partial charge in [0.25, 0.3) is 6.47 Å². The van der Waals surface area contributed by atoms with Crippen LogP contribution in [0.15, 0.2) is 30.3 Å². The van der Waals surface area contributed by atoms with Crippen LogP contribution in [-0.2, 0) is 25.5 Å². The maximum Gasteiger partial charge on any atom is 0.312 e. The second-order valence-corrected chi connectivity index (χ2v) is 7.89. The number of amides is 1. The maximum absolute atomic E-state index is 12.5. The molecule has 1 amide bonds. The molecule has 0 spiro atoms. The van der Waals surface area contributed by atoms with Crippen molar-refractivity contribution in [3.63, 3.8) is 0 Å². The first-order valence-electron chi connectivity index (χ1n) is 10.5. The number of likely N-dealkylation sites (tertiary alicyclic amines) is 1. The van der Waals surface area contributed by atoms with Crippen molar-refractivity contribution in [2.24, 2.45) is 5.41 Å².